The Morgan fingerprint density at radius 1 is 1.47 bits per heavy atom. The first-order chi connectivity index (χ1) is 8.09. The number of benzene rings is 1. The lowest BCUT2D eigenvalue weighted by Crippen LogP contribution is -2.38. The zero-order valence-corrected chi connectivity index (χ0v) is 9.47. The van der Waals surface area contributed by atoms with Crippen molar-refractivity contribution in [1.82, 2.24) is 5.32 Å². The van der Waals surface area contributed by atoms with Gasteiger partial charge in [-0.05, 0) is 17.5 Å². The van der Waals surface area contributed by atoms with Crippen LogP contribution < -0.4 is 16.8 Å². The number of carbonyl (C=O) groups excluding carboxylic acids is 1. The number of carbonyl (C=O) groups is 1. The van der Waals surface area contributed by atoms with Gasteiger partial charge in [0.1, 0.15) is 6.10 Å². The van der Waals surface area contributed by atoms with Crippen LogP contribution in [0.25, 0.3) is 0 Å². The minimum absolute atomic E-state index is 0.00872. The molecule has 17 heavy (non-hydrogen) atoms. The minimum atomic E-state index is -1.15. The number of primary amides is 1. The van der Waals surface area contributed by atoms with E-state index in [9.17, 15) is 9.90 Å². The first-order valence-corrected chi connectivity index (χ1v) is 5.64. The molecule has 0 spiro atoms. The standard InChI is InChI=1S/C12H17N3O2/c13-9-5-10(15-6-11(16)12(14)17)8-4-2-1-3-7(8)9/h1-4,9-11,15-16H,5-6,13H2,(H2,14,17). The fourth-order valence-corrected chi connectivity index (χ4v) is 2.22. The van der Waals surface area contributed by atoms with Crippen molar-refractivity contribution < 1.29 is 9.90 Å². The van der Waals surface area contributed by atoms with Gasteiger partial charge < -0.3 is 21.9 Å². The molecule has 0 radical (unpaired) electrons. The van der Waals surface area contributed by atoms with Crippen molar-refractivity contribution in [3.8, 4) is 0 Å². The number of nitrogens with two attached hydrogens (primary N) is 2. The number of aliphatic hydroxyl groups is 1. The zero-order chi connectivity index (χ0) is 12.4. The third kappa shape index (κ3) is 2.46. The Labute approximate surface area is 99.8 Å². The zero-order valence-electron chi connectivity index (χ0n) is 9.47. The molecule has 0 aromatic heterocycles. The molecule has 0 heterocycles. The van der Waals surface area contributed by atoms with Gasteiger partial charge in [0.2, 0.25) is 5.91 Å². The molecule has 3 unspecified atom stereocenters. The average Bonchev–Trinajstić information content (AvgIpc) is 2.64. The van der Waals surface area contributed by atoms with Gasteiger partial charge in [-0.15, -0.1) is 0 Å². The minimum Gasteiger partial charge on any atom is -0.382 e. The van der Waals surface area contributed by atoms with Crippen LogP contribution >= 0.6 is 0 Å². The van der Waals surface area contributed by atoms with E-state index in [1.807, 2.05) is 24.3 Å². The molecule has 1 amide bonds. The van der Waals surface area contributed by atoms with Crippen LogP contribution in [0.4, 0.5) is 0 Å². The normalized spacial score (nSPS) is 24.4. The molecule has 5 heteroatoms. The van der Waals surface area contributed by atoms with Crippen LogP contribution in [0.2, 0.25) is 0 Å². The van der Waals surface area contributed by atoms with Gasteiger partial charge in [-0.25, -0.2) is 0 Å². The van der Waals surface area contributed by atoms with Crippen molar-refractivity contribution in [2.75, 3.05) is 6.54 Å². The Kier molecular flexibility index (Phi) is 3.42. The van der Waals surface area contributed by atoms with Crippen LogP contribution in [0.15, 0.2) is 24.3 Å². The summed E-state index contributed by atoms with van der Waals surface area (Å²) in [4.78, 5) is 10.7. The van der Waals surface area contributed by atoms with Crippen molar-refractivity contribution in [3.05, 3.63) is 35.4 Å². The summed E-state index contributed by atoms with van der Waals surface area (Å²) in [5.74, 6) is -0.715. The Bertz CT molecular complexity index is 422. The highest BCUT2D eigenvalue weighted by Gasteiger charge is 2.28. The number of amides is 1. The lowest BCUT2D eigenvalue weighted by Gasteiger charge is -2.15. The Hall–Kier alpha value is -1.43. The van der Waals surface area contributed by atoms with Crippen molar-refractivity contribution in [3.63, 3.8) is 0 Å². The van der Waals surface area contributed by atoms with Gasteiger partial charge in [-0.3, -0.25) is 4.79 Å². The summed E-state index contributed by atoms with van der Waals surface area (Å²) in [7, 11) is 0. The van der Waals surface area contributed by atoms with Crippen LogP contribution in [0.3, 0.4) is 0 Å². The van der Waals surface area contributed by atoms with E-state index in [1.54, 1.807) is 0 Å². The third-order valence-electron chi connectivity index (χ3n) is 3.15. The molecule has 1 aliphatic carbocycles. The van der Waals surface area contributed by atoms with Crippen LogP contribution in [0.5, 0.6) is 0 Å². The second-order valence-electron chi connectivity index (χ2n) is 4.35. The van der Waals surface area contributed by atoms with Gasteiger partial charge in [0, 0.05) is 18.6 Å². The molecule has 1 aromatic carbocycles. The predicted molar refractivity (Wildman–Crippen MR) is 63.9 cm³/mol. The molecule has 1 aliphatic rings. The number of nitrogens with one attached hydrogen (secondary N) is 1. The lowest BCUT2D eigenvalue weighted by atomic mass is 10.1. The summed E-state index contributed by atoms with van der Waals surface area (Å²) in [6, 6.07) is 8.02. The molecular formula is C12H17N3O2. The van der Waals surface area contributed by atoms with E-state index >= 15 is 0 Å². The van der Waals surface area contributed by atoms with E-state index in [0.717, 1.165) is 17.5 Å². The van der Waals surface area contributed by atoms with Gasteiger partial charge in [0.25, 0.3) is 0 Å². The maximum atomic E-state index is 10.7. The quantitative estimate of drug-likeness (QED) is 0.568. The maximum absolute atomic E-state index is 10.7. The van der Waals surface area contributed by atoms with E-state index in [2.05, 4.69) is 5.32 Å². The van der Waals surface area contributed by atoms with Crippen molar-refractivity contribution in [1.29, 1.82) is 0 Å². The van der Waals surface area contributed by atoms with Crippen LogP contribution in [-0.2, 0) is 4.79 Å². The maximum Gasteiger partial charge on any atom is 0.247 e. The van der Waals surface area contributed by atoms with E-state index in [0.29, 0.717) is 0 Å². The number of aliphatic hydroxyl groups excluding tert-OH is 1. The van der Waals surface area contributed by atoms with Crippen LogP contribution in [-0.4, -0.2) is 23.7 Å². The van der Waals surface area contributed by atoms with E-state index in [-0.39, 0.29) is 18.6 Å². The van der Waals surface area contributed by atoms with Crippen molar-refractivity contribution in [2.45, 2.75) is 24.6 Å². The molecule has 6 N–H and O–H groups in total. The predicted octanol–water partition coefficient (Wildman–Crippen LogP) is -0.433. The first kappa shape index (κ1) is 12.0. The second-order valence-corrected chi connectivity index (χ2v) is 4.35. The van der Waals surface area contributed by atoms with Gasteiger partial charge in [0.15, 0.2) is 0 Å². The van der Waals surface area contributed by atoms with Gasteiger partial charge in [-0.2, -0.15) is 0 Å². The number of fused-ring (bicyclic) bond motifs is 1. The third-order valence-corrected chi connectivity index (χ3v) is 3.15. The molecular weight excluding hydrogens is 218 g/mol. The van der Waals surface area contributed by atoms with E-state index < -0.39 is 12.0 Å². The first-order valence-electron chi connectivity index (χ1n) is 5.64. The highest BCUT2D eigenvalue weighted by Crippen LogP contribution is 2.36. The molecule has 0 aliphatic heterocycles. The molecule has 1 aromatic rings. The van der Waals surface area contributed by atoms with Crippen molar-refractivity contribution >= 4 is 5.91 Å². The molecule has 0 fully saturated rings. The molecule has 5 nitrogen and oxygen atoms in total. The average molecular weight is 235 g/mol. The topological polar surface area (TPSA) is 101 Å². The summed E-state index contributed by atoms with van der Waals surface area (Å²) in [5, 5.41) is 12.5. The SMILES string of the molecule is NC(=O)C(O)CNC1CC(N)c2ccccc21. The van der Waals surface area contributed by atoms with E-state index in [1.165, 1.54) is 0 Å². The molecule has 0 saturated heterocycles. The molecule has 2 rings (SSSR count). The number of hydrogen-bond acceptors (Lipinski definition) is 4. The molecule has 3 atom stereocenters. The fourth-order valence-electron chi connectivity index (χ4n) is 2.22. The Morgan fingerprint density at radius 3 is 2.76 bits per heavy atom. The van der Waals surface area contributed by atoms with Gasteiger partial charge in [0.05, 0.1) is 0 Å². The molecule has 0 saturated carbocycles. The lowest BCUT2D eigenvalue weighted by molar-refractivity contribution is -0.125. The van der Waals surface area contributed by atoms with Crippen LogP contribution in [0, 0.1) is 0 Å². The highest BCUT2D eigenvalue weighted by molar-refractivity contribution is 5.78. The highest BCUT2D eigenvalue weighted by atomic mass is 16.3. The second kappa shape index (κ2) is 4.83. The number of hydrogen-bond donors (Lipinski definition) is 4. The number of rotatable bonds is 4. The van der Waals surface area contributed by atoms with Gasteiger partial charge in [-0.1, -0.05) is 24.3 Å². The monoisotopic (exact) mass is 235 g/mol. The smallest absolute Gasteiger partial charge is 0.247 e. The molecule has 0 bridgehead atoms. The van der Waals surface area contributed by atoms with Crippen LogP contribution in [0.1, 0.15) is 29.6 Å². The van der Waals surface area contributed by atoms with Crippen molar-refractivity contribution in [2.24, 2.45) is 11.5 Å². The van der Waals surface area contributed by atoms with E-state index in [4.69, 9.17) is 11.5 Å². The molecule has 92 valence electrons. The summed E-state index contributed by atoms with van der Waals surface area (Å²) in [6.07, 6.45) is -0.385. The van der Waals surface area contributed by atoms with Gasteiger partial charge >= 0.3 is 0 Å². The fraction of sp³-hybridized carbons (Fsp3) is 0.417. The summed E-state index contributed by atoms with van der Waals surface area (Å²) in [6.45, 7) is 0.154. The Balaban J connectivity index is 2.03. The summed E-state index contributed by atoms with van der Waals surface area (Å²) in [5.41, 5.74) is 13.3. The Morgan fingerprint density at radius 2 is 2.12 bits per heavy atom. The summed E-state index contributed by atoms with van der Waals surface area (Å²) < 4.78 is 0. The largest absolute Gasteiger partial charge is 0.382 e. The summed E-state index contributed by atoms with van der Waals surface area (Å²) >= 11 is 0.